The van der Waals surface area contributed by atoms with Crippen molar-refractivity contribution in [2.75, 3.05) is 20.3 Å². The van der Waals surface area contributed by atoms with Gasteiger partial charge in [0, 0.05) is 19.1 Å². The van der Waals surface area contributed by atoms with E-state index in [-0.39, 0.29) is 12.4 Å². The fourth-order valence-corrected chi connectivity index (χ4v) is 4.57. The number of ether oxygens (including phenoxy) is 2. The second-order valence-corrected chi connectivity index (χ2v) is 8.72. The third-order valence-electron chi connectivity index (χ3n) is 6.30. The van der Waals surface area contributed by atoms with Crippen LogP contribution in [0.5, 0.6) is 11.5 Å². The number of halogens is 1. The number of rotatable bonds is 9. The fraction of sp³-hybridized carbons (Fsp3) is 0.357. The van der Waals surface area contributed by atoms with E-state index in [1.807, 2.05) is 12.1 Å². The summed E-state index contributed by atoms with van der Waals surface area (Å²) in [7, 11) is 1.70. The highest BCUT2D eigenvalue weighted by Gasteiger charge is 2.25. The maximum Gasteiger partial charge on any atom is 0.123 e. The number of methoxy groups -OCH3 is 1. The van der Waals surface area contributed by atoms with Crippen LogP contribution >= 0.6 is 0 Å². The summed E-state index contributed by atoms with van der Waals surface area (Å²) in [5.41, 5.74) is 3.93. The number of nitrogens with zero attached hydrogens (tertiary/aromatic N) is 1. The van der Waals surface area contributed by atoms with Crippen molar-refractivity contribution < 1.29 is 19.0 Å². The van der Waals surface area contributed by atoms with Gasteiger partial charge in [-0.05, 0) is 78.8 Å². The molecule has 0 bridgehead atoms. The van der Waals surface area contributed by atoms with Crippen LogP contribution in [0.15, 0.2) is 72.8 Å². The topological polar surface area (TPSA) is 41.9 Å². The standard InChI is InChI=1S/C28H32FNO3/c1-32-28-13-10-22-8-5-9-25(16-23(22)17-28)30(18-21-6-3-2-4-7-21)19-26(31)20-33-27-14-11-24(29)12-15-27/h2-4,6-7,10-15,17,25-26,31H,5,8-9,16,18-20H2,1H3/t25?,26-/m0/s1. The fourth-order valence-electron chi connectivity index (χ4n) is 4.57. The van der Waals surface area contributed by atoms with Crippen LogP contribution in [0.1, 0.15) is 29.5 Å². The molecule has 3 aromatic carbocycles. The monoisotopic (exact) mass is 449 g/mol. The minimum atomic E-state index is -0.660. The molecular formula is C28H32FNO3. The number of aliphatic hydroxyl groups excluding tert-OH is 1. The molecule has 0 spiro atoms. The number of benzene rings is 3. The highest BCUT2D eigenvalue weighted by molar-refractivity contribution is 5.37. The average molecular weight is 450 g/mol. The van der Waals surface area contributed by atoms with Gasteiger partial charge in [0.25, 0.3) is 0 Å². The number of hydrogen-bond acceptors (Lipinski definition) is 4. The van der Waals surface area contributed by atoms with Gasteiger partial charge in [0.05, 0.1) is 7.11 Å². The molecule has 3 aromatic rings. The number of hydrogen-bond donors (Lipinski definition) is 1. The molecule has 0 amide bonds. The molecule has 1 N–H and O–H groups in total. The third kappa shape index (κ3) is 6.56. The van der Waals surface area contributed by atoms with Gasteiger partial charge in [-0.1, -0.05) is 36.4 Å². The van der Waals surface area contributed by atoms with Crippen molar-refractivity contribution in [2.45, 2.75) is 44.4 Å². The van der Waals surface area contributed by atoms with Crippen LogP contribution in [0.2, 0.25) is 0 Å². The Kier molecular flexibility index (Phi) is 7.97. The lowest BCUT2D eigenvalue weighted by Gasteiger charge is -2.33. The second-order valence-electron chi connectivity index (χ2n) is 8.72. The number of fused-ring (bicyclic) bond motifs is 1. The lowest BCUT2D eigenvalue weighted by molar-refractivity contribution is 0.0463. The highest BCUT2D eigenvalue weighted by Crippen LogP contribution is 2.28. The molecule has 174 valence electrons. The summed E-state index contributed by atoms with van der Waals surface area (Å²) in [6.07, 6.45) is 3.50. The molecule has 1 unspecified atom stereocenters. The molecule has 0 saturated carbocycles. The molecule has 1 aliphatic carbocycles. The Balaban J connectivity index is 1.48. The van der Waals surface area contributed by atoms with Crippen LogP contribution < -0.4 is 9.47 Å². The van der Waals surface area contributed by atoms with E-state index >= 15 is 0 Å². The van der Waals surface area contributed by atoms with Gasteiger partial charge in [-0.25, -0.2) is 4.39 Å². The lowest BCUT2D eigenvalue weighted by atomic mass is 10.00. The van der Waals surface area contributed by atoms with Crippen molar-refractivity contribution in [1.82, 2.24) is 4.90 Å². The van der Waals surface area contributed by atoms with Crippen molar-refractivity contribution in [1.29, 1.82) is 0 Å². The molecule has 2 atom stereocenters. The first kappa shape index (κ1) is 23.3. The van der Waals surface area contributed by atoms with Crippen LogP contribution in [-0.4, -0.2) is 42.4 Å². The Morgan fingerprint density at radius 2 is 1.76 bits per heavy atom. The lowest BCUT2D eigenvalue weighted by Crippen LogP contribution is -2.42. The van der Waals surface area contributed by atoms with Crippen LogP contribution in [-0.2, 0) is 19.4 Å². The van der Waals surface area contributed by atoms with Crippen molar-refractivity contribution in [3.8, 4) is 11.5 Å². The van der Waals surface area contributed by atoms with E-state index in [0.29, 0.717) is 18.3 Å². The summed E-state index contributed by atoms with van der Waals surface area (Å²) in [6.45, 7) is 1.42. The maximum absolute atomic E-state index is 13.1. The van der Waals surface area contributed by atoms with Gasteiger partial charge < -0.3 is 14.6 Å². The van der Waals surface area contributed by atoms with E-state index in [2.05, 4.69) is 41.3 Å². The van der Waals surface area contributed by atoms with Gasteiger partial charge in [-0.3, -0.25) is 4.90 Å². The molecule has 0 fully saturated rings. The zero-order chi connectivity index (χ0) is 23.0. The molecule has 5 heteroatoms. The zero-order valence-electron chi connectivity index (χ0n) is 19.1. The van der Waals surface area contributed by atoms with Crippen LogP contribution in [0.3, 0.4) is 0 Å². The Morgan fingerprint density at radius 3 is 2.52 bits per heavy atom. The summed E-state index contributed by atoms with van der Waals surface area (Å²) >= 11 is 0. The maximum atomic E-state index is 13.1. The molecule has 0 aliphatic heterocycles. The highest BCUT2D eigenvalue weighted by atomic mass is 19.1. The largest absolute Gasteiger partial charge is 0.497 e. The predicted molar refractivity (Wildman–Crippen MR) is 128 cm³/mol. The summed E-state index contributed by atoms with van der Waals surface area (Å²) in [4.78, 5) is 2.38. The predicted octanol–water partition coefficient (Wildman–Crippen LogP) is 5.02. The Morgan fingerprint density at radius 1 is 1.00 bits per heavy atom. The van der Waals surface area contributed by atoms with Gasteiger partial charge in [-0.2, -0.15) is 0 Å². The first-order valence-corrected chi connectivity index (χ1v) is 11.6. The first-order chi connectivity index (χ1) is 16.1. The smallest absolute Gasteiger partial charge is 0.123 e. The SMILES string of the molecule is COc1ccc2c(c1)CC(N(Cc1ccccc1)C[C@H](O)COc1ccc(F)cc1)CCC2. The first-order valence-electron chi connectivity index (χ1n) is 11.6. The molecule has 0 saturated heterocycles. The third-order valence-corrected chi connectivity index (χ3v) is 6.30. The average Bonchev–Trinajstić information content (AvgIpc) is 3.06. The molecule has 0 radical (unpaired) electrons. The molecule has 4 nitrogen and oxygen atoms in total. The number of aryl methyl sites for hydroxylation is 1. The summed E-state index contributed by atoms with van der Waals surface area (Å²) < 4.78 is 24.3. The van der Waals surface area contributed by atoms with Crippen molar-refractivity contribution >= 4 is 0 Å². The van der Waals surface area contributed by atoms with Gasteiger partial charge in [0.15, 0.2) is 0 Å². The van der Waals surface area contributed by atoms with Gasteiger partial charge in [0.2, 0.25) is 0 Å². The molecule has 4 rings (SSSR count). The van der Waals surface area contributed by atoms with Crippen molar-refractivity contribution in [3.05, 3.63) is 95.3 Å². The van der Waals surface area contributed by atoms with E-state index in [1.165, 1.54) is 28.8 Å². The zero-order valence-corrected chi connectivity index (χ0v) is 19.1. The number of aliphatic hydroxyl groups is 1. The molecule has 0 aromatic heterocycles. The van der Waals surface area contributed by atoms with E-state index < -0.39 is 6.10 Å². The molecule has 1 aliphatic rings. The van der Waals surface area contributed by atoms with Crippen LogP contribution in [0, 0.1) is 5.82 Å². The summed E-state index contributed by atoms with van der Waals surface area (Å²) in [6, 6.07) is 22.9. The Labute approximate surface area is 195 Å². The van der Waals surface area contributed by atoms with Crippen molar-refractivity contribution in [3.63, 3.8) is 0 Å². The Hall–Kier alpha value is -2.89. The Bertz CT molecular complexity index is 1010. The van der Waals surface area contributed by atoms with Gasteiger partial charge in [0.1, 0.15) is 30.0 Å². The van der Waals surface area contributed by atoms with Crippen molar-refractivity contribution in [2.24, 2.45) is 0 Å². The van der Waals surface area contributed by atoms with Crippen LogP contribution in [0.4, 0.5) is 4.39 Å². The summed E-state index contributed by atoms with van der Waals surface area (Å²) in [5.74, 6) is 1.14. The normalized spacial score (nSPS) is 16.7. The molecular weight excluding hydrogens is 417 g/mol. The second kappa shape index (κ2) is 11.3. The minimum absolute atomic E-state index is 0.161. The van der Waals surface area contributed by atoms with Gasteiger partial charge >= 0.3 is 0 Å². The minimum Gasteiger partial charge on any atom is -0.497 e. The summed E-state index contributed by atoms with van der Waals surface area (Å²) in [5, 5.41) is 10.8. The van der Waals surface area contributed by atoms with Crippen LogP contribution in [0.25, 0.3) is 0 Å². The van der Waals surface area contributed by atoms with E-state index in [0.717, 1.165) is 38.0 Å². The van der Waals surface area contributed by atoms with E-state index in [4.69, 9.17) is 9.47 Å². The molecule has 0 heterocycles. The van der Waals surface area contributed by atoms with E-state index in [9.17, 15) is 9.50 Å². The molecule has 33 heavy (non-hydrogen) atoms. The quantitative estimate of drug-likeness (QED) is 0.466. The van der Waals surface area contributed by atoms with E-state index in [1.54, 1.807) is 19.2 Å². The van der Waals surface area contributed by atoms with Gasteiger partial charge in [-0.15, -0.1) is 0 Å².